The summed E-state index contributed by atoms with van der Waals surface area (Å²) in [5.41, 5.74) is 3.50. The fraction of sp³-hybridized carbons (Fsp3) is 0.214. The van der Waals surface area contributed by atoms with Crippen molar-refractivity contribution in [3.05, 3.63) is 77.9 Å². The van der Waals surface area contributed by atoms with Crippen LogP contribution in [0.1, 0.15) is 36.2 Å². The molecule has 0 aliphatic heterocycles. The fourth-order valence-electron chi connectivity index (χ4n) is 3.10. The van der Waals surface area contributed by atoms with E-state index in [0.29, 0.717) is 47.3 Å². The van der Waals surface area contributed by atoms with Gasteiger partial charge in [0.2, 0.25) is 0 Å². The summed E-state index contributed by atoms with van der Waals surface area (Å²) in [7, 11) is 1.53. The molecule has 0 saturated heterocycles. The van der Waals surface area contributed by atoms with Gasteiger partial charge in [0.15, 0.2) is 11.5 Å². The largest absolute Gasteiger partial charge is 0.497 e. The van der Waals surface area contributed by atoms with E-state index in [9.17, 15) is 14.4 Å². The maximum Gasteiger partial charge on any atom is 0.343 e. The van der Waals surface area contributed by atoms with Crippen LogP contribution in [-0.2, 0) is 9.59 Å². The highest BCUT2D eigenvalue weighted by atomic mass is 16.6. The molecule has 2 N–H and O–H groups in total. The first-order chi connectivity index (χ1) is 18.4. The number of nitrogens with one attached hydrogen (secondary N) is 2. The van der Waals surface area contributed by atoms with Crippen LogP contribution in [0.15, 0.2) is 71.8 Å². The number of carbonyl (C=O) groups is 3. The number of ether oxygens (including phenoxy) is 4. The van der Waals surface area contributed by atoms with Gasteiger partial charge in [-0.3, -0.25) is 9.59 Å². The van der Waals surface area contributed by atoms with Crippen LogP contribution < -0.4 is 29.7 Å². The number of hydrogen-bond donors (Lipinski definition) is 2. The molecule has 0 unspecified atom stereocenters. The lowest BCUT2D eigenvalue weighted by atomic mass is 10.2. The number of benzene rings is 3. The molecule has 0 bridgehead atoms. The normalized spacial score (nSPS) is 10.5. The zero-order valence-corrected chi connectivity index (χ0v) is 21.4. The van der Waals surface area contributed by atoms with Crippen LogP contribution in [0, 0.1) is 0 Å². The minimum atomic E-state index is -0.946. The van der Waals surface area contributed by atoms with Gasteiger partial charge in [-0.05, 0) is 85.6 Å². The third kappa shape index (κ3) is 8.09. The average Bonchev–Trinajstić information content (AvgIpc) is 2.94. The summed E-state index contributed by atoms with van der Waals surface area (Å²) in [6.07, 6.45) is 2.22. The molecule has 0 fully saturated rings. The first kappa shape index (κ1) is 27.7. The molecule has 0 aliphatic carbocycles. The Balaban J connectivity index is 1.59. The SMILES string of the molecule is CCCOc1ccc(C(=O)Oc2ccc(/C=N/NC(=O)C(=O)Nc3ccc(OC)cc3)cc2OCC)cc1. The maximum atomic E-state index is 12.6. The van der Waals surface area contributed by atoms with Crippen molar-refractivity contribution in [2.75, 3.05) is 25.6 Å². The van der Waals surface area contributed by atoms with E-state index in [1.165, 1.54) is 13.3 Å². The van der Waals surface area contributed by atoms with Gasteiger partial charge in [0.1, 0.15) is 11.5 Å². The van der Waals surface area contributed by atoms with Gasteiger partial charge in [-0.2, -0.15) is 5.10 Å². The predicted molar refractivity (Wildman–Crippen MR) is 142 cm³/mol. The number of amides is 2. The Kier molecular flexibility index (Phi) is 10.2. The van der Waals surface area contributed by atoms with E-state index < -0.39 is 17.8 Å². The van der Waals surface area contributed by atoms with E-state index in [1.807, 2.05) is 6.92 Å². The number of methoxy groups -OCH3 is 1. The smallest absolute Gasteiger partial charge is 0.343 e. The number of hydrogen-bond acceptors (Lipinski definition) is 8. The van der Waals surface area contributed by atoms with Crippen molar-refractivity contribution in [1.82, 2.24) is 5.43 Å². The van der Waals surface area contributed by atoms with Gasteiger partial charge in [-0.1, -0.05) is 6.92 Å². The van der Waals surface area contributed by atoms with E-state index in [4.69, 9.17) is 18.9 Å². The van der Waals surface area contributed by atoms with Gasteiger partial charge >= 0.3 is 17.8 Å². The first-order valence-electron chi connectivity index (χ1n) is 11.9. The molecule has 3 aromatic carbocycles. The quantitative estimate of drug-likeness (QED) is 0.128. The Morgan fingerprint density at radius 1 is 0.842 bits per heavy atom. The summed E-state index contributed by atoms with van der Waals surface area (Å²) >= 11 is 0. The molecule has 3 rings (SSSR count). The Bertz CT molecular complexity index is 1270. The van der Waals surface area contributed by atoms with Crippen molar-refractivity contribution in [1.29, 1.82) is 0 Å². The van der Waals surface area contributed by atoms with Gasteiger partial charge in [0, 0.05) is 5.69 Å². The standard InChI is InChI=1S/C28H29N3O7/c1-4-16-37-23-11-7-20(8-12-23)28(34)38-24-15-6-19(17-25(24)36-5-2)18-29-31-27(33)26(32)30-21-9-13-22(35-3)14-10-21/h6-15,17-18H,4-5,16H2,1-3H3,(H,30,32)(H,31,33)/b29-18+. The van der Waals surface area contributed by atoms with Crippen molar-refractivity contribution in [2.45, 2.75) is 20.3 Å². The second kappa shape index (κ2) is 14.0. The molecular formula is C28H29N3O7. The molecule has 198 valence electrons. The lowest BCUT2D eigenvalue weighted by Crippen LogP contribution is -2.32. The summed E-state index contributed by atoms with van der Waals surface area (Å²) < 4.78 is 21.7. The van der Waals surface area contributed by atoms with E-state index in [-0.39, 0.29) is 5.75 Å². The van der Waals surface area contributed by atoms with Crippen molar-refractivity contribution in [3.8, 4) is 23.0 Å². The molecule has 0 aliphatic rings. The fourth-order valence-corrected chi connectivity index (χ4v) is 3.10. The molecule has 10 heteroatoms. The highest BCUT2D eigenvalue weighted by Gasteiger charge is 2.15. The Morgan fingerprint density at radius 2 is 1.55 bits per heavy atom. The second-order valence-electron chi connectivity index (χ2n) is 7.78. The molecule has 0 radical (unpaired) electrons. The maximum absolute atomic E-state index is 12.6. The topological polar surface area (TPSA) is 125 Å². The van der Waals surface area contributed by atoms with Crippen LogP contribution in [-0.4, -0.2) is 44.3 Å². The highest BCUT2D eigenvalue weighted by Crippen LogP contribution is 2.29. The van der Waals surface area contributed by atoms with E-state index >= 15 is 0 Å². The van der Waals surface area contributed by atoms with Crippen LogP contribution in [0.25, 0.3) is 0 Å². The summed E-state index contributed by atoms with van der Waals surface area (Å²) in [5, 5.41) is 6.28. The summed E-state index contributed by atoms with van der Waals surface area (Å²) in [6, 6.07) is 18.0. The zero-order valence-electron chi connectivity index (χ0n) is 21.4. The van der Waals surface area contributed by atoms with E-state index in [1.54, 1.807) is 73.7 Å². The highest BCUT2D eigenvalue weighted by molar-refractivity contribution is 6.39. The van der Waals surface area contributed by atoms with Gasteiger partial charge in [-0.25, -0.2) is 10.2 Å². The number of hydrazone groups is 1. The third-order valence-corrected chi connectivity index (χ3v) is 4.97. The van der Waals surface area contributed by atoms with Crippen LogP contribution in [0.2, 0.25) is 0 Å². The van der Waals surface area contributed by atoms with Gasteiger partial charge < -0.3 is 24.3 Å². The van der Waals surface area contributed by atoms with Gasteiger partial charge in [0.25, 0.3) is 0 Å². The van der Waals surface area contributed by atoms with Crippen molar-refractivity contribution < 1.29 is 33.3 Å². The summed E-state index contributed by atoms with van der Waals surface area (Å²) in [5.74, 6) is -0.541. The zero-order chi connectivity index (χ0) is 27.3. The minimum absolute atomic E-state index is 0.225. The lowest BCUT2D eigenvalue weighted by molar-refractivity contribution is -0.136. The minimum Gasteiger partial charge on any atom is -0.497 e. The lowest BCUT2D eigenvalue weighted by Gasteiger charge is -2.12. The molecular weight excluding hydrogens is 490 g/mol. The number of esters is 1. The van der Waals surface area contributed by atoms with Crippen LogP contribution in [0.4, 0.5) is 5.69 Å². The number of carbonyl (C=O) groups excluding carboxylic acids is 3. The second-order valence-corrected chi connectivity index (χ2v) is 7.78. The molecule has 10 nitrogen and oxygen atoms in total. The van der Waals surface area contributed by atoms with Crippen LogP contribution in [0.5, 0.6) is 23.0 Å². The van der Waals surface area contributed by atoms with E-state index in [0.717, 1.165) is 6.42 Å². The molecule has 0 aromatic heterocycles. The summed E-state index contributed by atoms with van der Waals surface area (Å²) in [4.78, 5) is 36.8. The first-order valence-corrected chi connectivity index (χ1v) is 11.9. The molecule has 2 amide bonds. The number of anilines is 1. The van der Waals surface area contributed by atoms with Gasteiger partial charge in [-0.15, -0.1) is 0 Å². The van der Waals surface area contributed by atoms with Crippen molar-refractivity contribution in [3.63, 3.8) is 0 Å². The van der Waals surface area contributed by atoms with Gasteiger partial charge in [0.05, 0.1) is 32.1 Å². The Labute approximate surface area is 220 Å². The number of rotatable bonds is 11. The van der Waals surface area contributed by atoms with E-state index in [2.05, 4.69) is 15.8 Å². The van der Waals surface area contributed by atoms with Crippen molar-refractivity contribution in [2.24, 2.45) is 5.10 Å². The third-order valence-electron chi connectivity index (χ3n) is 4.97. The molecule has 3 aromatic rings. The molecule has 0 saturated carbocycles. The molecule has 0 spiro atoms. The summed E-state index contributed by atoms with van der Waals surface area (Å²) in [6.45, 7) is 4.73. The average molecular weight is 520 g/mol. The van der Waals surface area contributed by atoms with Crippen LogP contribution >= 0.6 is 0 Å². The Morgan fingerprint density at radius 3 is 2.21 bits per heavy atom. The molecule has 0 heterocycles. The van der Waals surface area contributed by atoms with Crippen molar-refractivity contribution >= 4 is 29.7 Å². The van der Waals surface area contributed by atoms with Crippen LogP contribution in [0.3, 0.4) is 0 Å². The molecule has 0 atom stereocenters. The number of nitrogens with zero attached hydrogens (tertiary/aromatic N) is 1. The Hall–Kier alpha value is -4.86. The predicted octanol–water partition coefficient (Wildman–Crippen LogP) is 4.19. The monoisotopic (exact) mass is 519 g/mol. The molecule has 38 heavy (non-hydrogen) atoms.